The molecule has 0 fully saturated rings. The summed E-state index contributed by atoms with van der Waals surface area (Å²) in [5.74, 6) is 0.631. The lowest BCUT2D eigenvalue weighted by atomic mass is 10.3. The lowest BCUT2D eigenvalue weighted by Crippen LogP contribution is -2.26. The summed E-state index contributed by atoms with van der Waals surface area (Å²) in [6, 6.07) is 3.66. The van der Waals surface area contributed by atoms with Crippen molar-refractivity contribution in [1.82, 2.24) is 4.98 Å². The number of thiol groups is 1. The molecule has 13 heavy (non-hydrogen) atoms. The van der Waals surface area contributed by atoms with Gasteiger partial charge in [0.25, 0.3) is 0 Å². The van der Waals surface area contributed by atoms with E-state index in [0.717, 1.165) is 5.69 Å². The molecule has 0 aromatic carbocycles. The Labute approximate surface area is 83.2 Å². The summed E-state index contributed by atoms with van der Waals surface area (Å²) in [6.45, 7) is 0. The van der Waals surface area contributed by atoms with Gasteiger partial charge in [-0.15, -0.1) is 0 Å². The van der Waals surface area contributed by atoms with Crippen LogP contribution in [0.1, 0.15) is 6.42 Å². The molecule has 1 aromatic rings. The van der Waals surface area contributed by atoms with Crippen LogP contribution in [0, 0.1) is 0 Å². The molecule has 0 aliphatic carbocycles. The van der Waals surface area contributed by atoms with Crippen molar-refractivity contribution in [1.29, 1.82) is 0 Å². The molecule has 3 nitrogen and oxygen atoms in total. The second kappa shape index (κ2) is 4.87. The summed E-state index contributed by atoms with van der Waals surface area (Å²) in [6.07, 6.45) is 3.80. The number of nitrogens with zero attached hydrogens (tertiary/aromatic N) is 2. The first-order valence-electron chi connectivity index (χ1n) is 4.03. The van der Waals surface area contributed by atoms with Gasteiger partial charge in [0.1, 0.15) is 0 Å². The third-order valence-corrected chi connectivity index (χ3v) is 1.96. The Morgan fingerprint density at radius 1 is 1.69 bits per heavy atom. The Morgan fingerprint density at radius 2 is 2.46 bits per heavy atom. The fraction of sp³-hybridized carbons (Fsp3) is 0.333. The van der Waals surface area contributed by atoms with Gasteiger partial charge in [-0.25, -0.2) is 0 Å². The molecular formula is C9H12N2OS. The van der Waals surface area contributed by atoms with Crippen LogP contribution in [0.3, 0.4) is 0 Å². The summed E-state index contributed by atoms with van der Waals surface area (Å²) in [7, 11) is 1.74. The van der Waals surface area contributed by atoms with Crippen molar-refractivity contribution in [2.75, 3.05) is 17.7 Å². The molecule has 0 aliphatic rings. The minimum Gasteiger partial charge on any atom is -0.314 e. The summed E-state index contributed by atoms with van der Waals surface area (Å²) in [4.78, 5) is 16.9. The molecule has 0 radical (unpaired) electrons. The van der Waals surface area contributed by atoms with Gasteiger partial charge in [0.05, 0.1) is 11.9 Å². The smallest absolute Gasteiger partial charge is 0.227 e. The normalized spacial score (nSPS) is 9.69. The zero-order valence-electron chi connectivity index (χ0n) is 7.47. The fourth-order valence-corrected chi connectivity index (χ4v) is 1.15. The molecule has 0 unspecified atom stereocenters. The topological polar surface area (TPSA) is 33.2 Å². The average molecular weight is 196 g/mol. The first-order chi connectivity index (χ1) is 6.25. The van der Waals surface area contributed by atoms with E-state index in [0.29, 0.717) is 12.2 Å². The van der Waals surface area contributed by atoms with E-state index in [9.17, 15) is 4.79 Å². The standard InChI is InChI=1S/C9H12N2OS/c1-11(9(12)4-6-13)8-3-2-5-10-7-8/h2-3,5,7,13H,4,6H2,1H3. The SMILES string of the molecule is CN(C(=O)CCS)c1cccnc1. The third kappa shape index (κ3) is 2.73. The van der Waals surface area contributed by atoms with E-state index >= 15 is 0 Å². The average Bonchev–Trinajstić information content (AvgIpc) is 2.18. The molecule has 0 aliphatic heterocycles. The number of pyridine rings is 1. The van der Waals surface area contributed by atoms with E-state index in [2.05, 4.69) is 17.6 Å². The second-order valence-corrected chi connectivity index (χ2v) is 3.08. The summed E-state index contributed by atoms with van der Waals surface area (Å²) < 4.78 is 0. The number of anilines is 1. The van der Waals surface area contributed by atoms with Crippen LogP contribution < -0.4 is 4.90 Å². The molecule has 0 saturated heterocycles. The van der Waals surface area contributed by atoms with Gasteiger partial charge in [0.2, 0.25) is 5.91 Å². The van der Waals surface area contributed by atoms with E-state index in [1.165, 1.54) is 0 Å². The van der Waals surface area contributed by atoms with Crippen molar-refractivity contribution in [2.24, 2.45) is 0 Å². The van der Waals surface area contributed by atoms with Crippen LogP contribution in [0.5, 0.6) is 0 Å². The number of rotatable bonds is 3. The highest BCUT2D eigenvalue weighted by Gasteiger charge is 2.08. The molecule has 1 amide bonds. The number of carbonyl (C=O) groups excluding carboxylic acids is 1. The van der Waals surface area contributed by atoms with Gasteiger partial charge in [-0.1, -0.05) is 0 Å². The highest BCUT2D eigenvalue weighted by atomic mass is 32.1. The monoisotopic (exact) mass is 196 g/mol. The van der Waals surface area contributed by atoms with Gasteiger partial charge in [-0.3, -0.25) is 9.78 Å². The highest BCUT2D eigenvalue weighted by Crippen LogP contribution is 2.10. The fourth-order valence-electron chi connectivity index (χ4n) is 0.959. The molecular weight excluding hydrogens is 184 g/mol. The Morgan fingerprint density at radius 3 is 3.00 bits per heavy atom. The van der Waals surface area contributed by atoms with Crippen molar-refractivity contribution >= 4 is 24.2 Å². The molecule has 4 heteroatoms. The van der Waals surface area contributed by atoms with Crippen LogP contribution in [-0.4, -0.2) is 23.7 Å². The van der Waals surface area contributed by atoms with Crippen LogP contribution in [0.15, 0.2) is 24.5 Å². The molecule has 1 aromatic heterocycles. The van der Waals surface area contributed by atoms with Gasteiger partial charge < -0.3 is 4.90 Å². The Hall–Kier alpha value is -1.03. The Bertz CT molecular complexity index is 276. The number of aromatic nitrogens is 1. The van der Waals surface area contributed by atoms with Crippen molar-refractivity contribution in [3.05, 3.63) is 24.5 Å². The van der Waals surface area contributed by atoms with Gasteiger partial charge in [-0.05, 0) is 17.9 Å². The lowest BCUT2D eigenvalue weighted by Gasteiger charge is -2.15. The summed E-state index contributed by atoms with van der Waals surface area (Å²) in [5.41, 5.74) is 0.814. The maximum atomic E-state index is 11.4. The molecule has 0 bridgehead atoms. The molecule has 1 rings (SSSR count). The van der Waals surface area contributed by atoms with Crippen molar-refractivity contribution in [2.45, 2.75) is 6.42 Å². The summed E-state index contributed by atoms with van der Waals surface area (Å²) >= 11 is 4.00. The van der Waals surface area contributed by atoms with Gasteiger partial charge in [0, 0.05) is 19.7 Å². The first kappa shape index (κ1) is 10.1. The predicted molar refractivity (Wildman–Crippen MR) is 56.1 cm³/mol. The van der Waals surface area contributed by atoms with Crippen molar-refractivity contribution < 1.29 is 4.79 Å². The Kier molecular flexibility index (Phi) is 3.76. The van der Waals surface area contributed by atoms with Gasteiger partial charge in [-0.2, -0.15) is 12.6 Å². The first-order valence-corrected chi connectivity index (χ1v) is 4.66. The van der Waals surface area contributed by atoms with Gasteiger partial charge >= 0.3 is 0 Å². The van der Waals surface area contributed by atoms with Gasteiger partial charge in [0.15, 0.2) is 0 Å². The van der Waals surface area contributed by atoms with E-state index in [1.807, 2.05) is 6.07 Å². The van der Waals surface area contributed by atoms with E-state index in [-0.39, 0.29) is 5.91 Å². The predicted octanol–water partition coefficient (Wildman–Crippen LogP) is 1.36. The lowest BCUT2D eigenvalue weighted by molar-refractivity contribution is -0.117. The third-order valence-electron chi connectivity index (χ3n) is 1.73. The van der Waals surface area contributed by atoms with Crippen molar-refractivity contribution in [3.63, 3.8) is 0 Å². The molecule has 0 spiro atoms. The quantitative estimate of drug-likeness (QED) is 0.741. The molecule has 70 valence electrons. The van der Waals surface area contributed by atoms with E-state index in [4.69, 9.17) is 0 Å². The minimum atomic E-state index is 0.0583. The van der Waals surface area contributed by atoms with E-state index in [1.54, 1.807) is 30.4 Å². The summed E-state index contributed by atoms with van der Waals surface area (Å²) in [5, 5.41) is 0. The molecule has 0 atom stereocenters. The zero-order chi connectivity index (χ0) is 9.68. The Balaban J connectivity index is 2.68. The number of amides is 1. The highest BCUT2D eigenvalue weighted by molar-refractivity contribution is 7.80. The number of hydrogen-bond donors (Lipinski definition) is 1. The van der Waals surface area contributed by atoms with Crippen LogP contribution >= 0.6 is 12.6 Å². The maximum absolute atomic E-state index is 11.4. The van der Waals surface area contributed by atoms with Crippen LogP contribution in [0.4, 0.5) is 5.69 Å². The van der Waals surface area contributed by atoms with Crippen LogP contribution in [-0.2, 0) is 4.79 Å². The molecule has 0 N–H and O–H groups in total. The molecule has 0 saturated carbocycles. The number of hydrogen-bond acceptors (Lipinski definition) is 3. The van der Waals surface area contributed by atoms with Crippen LogP contribution in [0.2, 0.25) is 0 Å². The second-order valence-electron chi connectivity index (χ2n) is 2.64. The van der Waals surface area contributed by atoms with Crippen LogP contribution in [0.25, 0.3) is 0 Å². The largest absolute Gasteiger partial charge is 0.314 e. The molecule has 1 heterocycles. The van der Waals surface area contributed by atoms with E-state index < -0.39 is 0 Å². The van der Waals surface area contributed by atoms with Crippen molar-refractivity contribution in [3.8, 4) is 0 Å². The zero-order valence-corrected chi connectivity index (χ0v) is 8.37. The number of carbonyl (C=O) groups is 1. The minimum absolute atomic E-state index is 0.0583. The maximum Gasteiger partial charge on any atom is 0.227 e.